The number of fused-ring (bicyclic) bond motifs is 3. The number of hydrogen-bond donors (Lipinski definition) is 0. The van der Waals surface area contributed by atoms with Gasteiger partial charge < -0.3 is 18.8 Å². The molecule has 0 N–H and O–H groups in total. The molecule has 4 heteroatoms. The molecule has 1 aromatic rings. The summed E-state index contributed by atoms with van der Waals surface area (Å²) in [5.74, 6) is 2.04. The second-order valence-corrected chi connectivity index (χ2v) is 12.9. The standard InChI is InChI=1S/C30H43NO3/c1-28-11-8-23(33-16-5-15-31-13-3-4-14-31)18-22(28)6-7-25-24(28)9-12-29(2)26(21-10-17-32-20-21)19-27-30(25,29)34-27/h6,10,17,20,23-27H,3-5,7-9,11-16,18-19H2,1-2H3/t23-,24-,25+,26+,27+,28-,29+,30+/m0/s1. The largest absolute Gasteiger partial charge is 0.472 e. The van der Waals surface area contributed by atoms with E-state index in [0.717, 1.165) is 18.9 Å². The van der Waals surface area contributed by atoms with Crippen LogP contribution in [0.1, 0.15) is 89.5 Å². The molecule has 2 saturated heterocycles. The summed E-state index contributed by atoms with van der Waals surface area (Å²) < 4.78 is 18.6. The Balaban J connectivity index is 1.04. The Morgan fingerprint density at radius 2 is 2.00 bits per heavy atom. The van der Waals surface area contributed by atoms with Crippen LogP contribution in [0.25, 0.3) is 0 Å². The van der Waals surface area contributed by atoms with E-state index in [-0.39, 0.29) is 11.0 Å². The molecular weight excluding hydrogens is 422 g/mol. The van der Waals surface area contributed by atoms with Crippen molar-refractivity contribution < 1.29 is 13.9 Å². The van der Waals surface area contributed by atoms with Crippen LogP contribution in [0.5, 0.6) is 0 Å². The van der Waals surface area contributed by atoms with E-state index < -0.39 is 0 Å². The summed E-state index contributed by atoms with van der Waals surface area (Å²) in [6.45, 7) is 9.89. The van der Waals surface area contributed by atoms with Crippen molar-refractivity contribution in [3.05, 3.63) is 35.8 Å². The summed E-state index contributed by atoms with van der Waals surface area (Å²) in [5, 5.41) is 0. The lowest BCUT2D eigenvalue weighted by molar-refractivity contribution is -0.0805. The SMILES string of the molecule is C[C@]12CC[C@H](OCCCN3CCCC3)CC1=CC[C@@H]1[C@@H]2CC[C@]2(C)[C@@H](c3ccoc3)C[C@H]3O[C@]132. The molecule has 4 nitrogen and oxygen atoms in total. The van der Waals surface area contributed by atoms with Gasteiger partial charge >= 0.3 is 0 Å². The fraction of sp³-hybridized carbons (Fsp3) is 0.800. The highest BCUT2D eigenvalue weighted by atomic mass is 16.6. The van der Waals surface area contributed by atoms with Gasteiger partial charge in [-0.1, -0.05) is 25.5 Å². The molecule has 1 aromatic heterocycles. The minimum Gasteiger partial charge on any atom is -0.472 e. The molecule has 2 aliphatic heterocycles. The van der Waals surface area contributed by atoms with Crippen LogP contribution in [0.4, 0.5) is 0 Å². The lowest BCUT2D eigenvalue weighted by Crippen LogP contribution is -2.55. The van der Waals surface area contributed by atoms with E-state index >= 15 is 0 Å². The van der Waals surface area contributed by atoms with Crippen molar-refractivity contribution in [2.75, 3.05) is 26.2 Å². The van der Waals surface area contributed by atoms with E-state index in [9.17, 15) is 0 Å². The van der Waals surface area contributed by atoms with Gasteiger partial charge in [-0.2, -0.15) is 0 Å². The molecule has 3 saturated carbocycles. The van der Waals surface area contributed by atoms with Crippen LogP contribution < -0.4 is 0 Å². The molecule has 0 unspecified atom stereocenters. The maximum atomic E-state index is 6.71. The number of allylic oxidation sites excluding steroid dienone is 1. The molecule has 6 aliphatic rings. The van der Waals surface area contributed by atoms with Crippen LogP contribution in [0.3, 0.4) is 0 Å². The Kier molecular flexibility index (Phi) is 5.17. The Morgan fingerprint density at radius 1 is 1.12 bits per heavy atom. The number of hydrogen-bond acceptors (Lipinski definition) is 4. The monoisotopic (exact) mass is 465 g/mol. The third kappa shape index (κ3) is 3.07. The number of ether oxygens (including phenoxy) is 2. The predicted octanol–water partition coefficient (Wildman–Crippen LogP) is 6.33. The first-order valence-electron chi connectivity index (χ1n) is 14.3. The highest BCUT2D eigenvalue weighted by Crippen LogP contribution is 2.77. The summed E-state index contributed by atoms with van der Waals surface area (Å²) in [7, 11) is 0. The highest BCUT2D eigenvalue weighted by molar-refractivity contribution is 5.37. The zero-order valence-electron chi connectivity index (χ0n) is 21.3. The zero-order chi connectivity index (χ0) is 23.0. The van der Waals surface area contributed by atoms with Crippen LogP contribution in [-0.4, -0.2) is 49.0 Å². The second kappa shape index (κ2) is 7.95. The maximum Gasteiger partial charge on any atom is 0.104 e. The Labute approximate surface area is 205 Å². The van der Waals surface area contributed by atoms with E-state index in [4.69, 9.17) is 13.9 Å². The number of nitrogens with zero attached hydrogens (tertiary/aromatic N) is 1. The first kappa shape index (κ1) is 22.1. The molecule has 1 spiro atoms. The van der Waals surface area contributed by atoms with Crippen molar-refractivity contribution in [2.24, 2.45) is 22.7 Å². The molecule has 0 radical (unpaired) electrons. The van der Waals surface area contributed by atoms with Crippen molar-refractivity contribution in [3.8, 4) is 0 Å². The van der Waals surface area contributed by atoms with Crippen molar-refractivity contribution >= 4 is 0 Å². The quantitative estimate of drug-likeness (QED) is 0.280. The summed E-state index contributed by atoms with van der Waals surface area (Å²) in [4.78, 5) is 2.61. The maximum absolute atomic E-state index is 6.71. The van der Waals surface area contributed by atoms with Crippen LogP contribution in [0.2, 0.25) is 0 Å². The lowest BCUT2D eigenvalue weighted by Gasteiger charge is -2.58. The average Bonchev–Trinajstić information content (AvgIpc) is 3.26. The normalized spacial score (nSPS) is 47.5. The molecule has 3 heterocycles. The molecule has 0 bridgehead atoms. The molecule has 4 aliphatic carbocycles. The first-order valence-corrected chi connectivity index (χ1v) is 14.3. The van der Waals surface area contributed by atoms with Gasteiger partial charge in [0.15, 0.2) is 0 Å². The molecule has 7 rings (SSSR count). The smallest absolute Gasteiger partial charge is 0.104 e. The van der Waals surface area contributed by atoms with Crippen molar-refractivity contribution in [1.29, 1.82) is 0 Å². The molecule has 186 valence electrons. The van der Waals surface area contributed by atoms with Gasteiger partial charge in [-0.15, -0.1) is 0 Å². The van der Waals surface area contributed by atoms with E-state index in [1.165, 1.54) is 83.0 Å². The molecule has 5 fully saturated rings. The Bertz CT molecular complexity index is 935. The van der Waals surface area contributed by atoms with Gasteiger partial charge in [0.2, 0.25) is 0 Å². The van der Waals surface area contributed by atoms with Crippen LogP contribution in [-0.2, 0) is 9.47 Å². The van der Waals surface area contributed by atoms with Gasteiger partial charge in [-0.25, -0.2) is 0 Å². The molecule has 0 aromatic carbocycles. The van der Waals surface area contributed by atoms with Crippen molar-refractivity contribution in [2.45, 2.75) is 102 Å². The first-order chi connectivity index (χ1) is 16.5. The van der Waals surface area contributed by atoms with Crippen LogP contribution >= 0.6 is 0 Å². The van der Waals surface area contributed by atoms with Crippen LogP contribution in [0, 0.1) is 22.7 Å². The number of epoxide rings is 1. The molecular formula is C30H43NO3. The number of rotatable bonds is 6. The highest BCUT2D eigenvalue weighted by Gasteiger charge is 2.80. The van der Waals surface area contributed by atoms with Gasteiger partial charge in [-0.3, -0.25) is 0 Å². The fourth-order valence-corrected chi connectivity index (χ4v) is 9.73. The second-order valence-electron chi connectivity index (χ2n) is 12.9. The molecule has 34 heavy (non-hydrogen) atoms. The Morgan fingerprint density at radius 3 is 2.82 bits per heavy atom. The van der Waals surface area contributed by atoms with E-state index in [2.05, 4.69) is 30.9 Å². The van der Waals surface area contributed by atoms with E-state index in [1.807, 2.05) is 12.5 Å². The average molecular weight is 466 g/mol. The van der Waals surface area contributed by atoms with Crippen molar-refractivity contribution in [1.82, 2.24) is 4.90 Å². The summed E-state index contributed by atoms with van der Waals surface area (Å²) in [6.07, 6.45) is 20.1. The molecule has 8 atom stereocenters. The summed E-state index contributed by atoms with van der Waals surface area (Å²) in [5.41, 5.74) is 3.81. The minimum atomic E-state index is 0.103. The van der Waals surface area contributed by atoms with E-state index in [0.29, 0.717) is 29.5 Å². The van der Waals surface area contributed by atoms with Gasteiger partial charge in [0.1, 0.15) is 5.60 Å². The third-order valence-corrected chi connectivity index (χ3v) is 11.6. The van der Waals surface area contributed by atoms with Gasteiger partial charge in [0.25, 0.3) is 0 Å². The minimum absolute atomic E-state index is 0.103. The number of likely N-dealkylation sites (tertiary alicyclic amines) is 1. The lowest BCUT2D eigenvalue weighted by atomic mass is 9.46. The topological polar surface area (TPSA) is 38.1 Å². The van der Waals surface area contributed by atoms with Crippen molar-refractivity contribution in [3.63, 3.8) is 0 Å². The summed E-state index contributed by atoms with van der Waals surface area (Å²) in [6, 6.07) is 2.20. The predicted molar refractivity (Wildman–Crippen MR) is 133 cm³/mol. The van der Waals surface area contributed by atoms with Gasteiger partial charge in [0, 0.05) is 18.6 Å². The summed E-state index contributed by atoms with van der Waals surface area (Å²) >= 11 is 0. The van der Waals surface area contributed by atoms with E-state index in [1.54, 1.807) is 5.57 Å². The Hall–Kier alpha value is -1.10. The number of furan rings is 1. The third-order valence-electron chi connectivity index (χ3n) is 11.6. The molecule has 0 amide bonds. The fourth-order valence-electron chi connectivity index (χ4n) is 9.73. The van der Waals surface area contributed by atoms with Crippen LogP contribution in [0.15, 0.2) is 34.7 Å². The zero-order valence-corrected chi connectivity index (χ0v) is 21.3. The van der Waals surface area contributed by atoms with Gasteiger partial charge in [0.05, 0.1) is 24.7 Å². The van der Waals surface area contributed by atoms with Gasteiger partial charge in [-0.05, 0) is 112 Å².